The summed E-state index contributed by atoms with van der Waals surface area (Å²) in [5, 5.41) is 10.2. The first-order valence-electron chi connectivity index (χ1n) is 15.1. The van der Waals surface area contributed by atoms with Crippen LogP contribution in [0.4, 0.5) is 11.5 Å². The lowest BCUT2D eigenvalue weighted by Crippen LogP contribution is -2.60. The SMILES string of the molecule is Cc1cc(S(=O)(=O)N2CC(=O)N(c3cc(-c4ccccc4)sc3C(=O)O)C(C3CCCCC3)C2)cnc1N1CCCC1C. The zero-order chi connectivity index (χ0) is 30.3. The molecule has 3 aromatic rings. The number of pyridine rings is 1. The quantitative estimate of drug-likeness (QED) is 0.355. The number of piperazine rings is 1. The van der Waals surface area contributed by atoms with E-state index in [-0.39, 0.29) is 28.8 Å². The summed E-state index contributed by atoms with van der Waals surface area (Å²) in [6.45, 7) is 4.69. The number of aryl methyl sites for hydroxylation is 1. The summed E-state index contributed by atoms with van der Waals surface area (Å²) in [5.41, 5.74) is 2.02. The van der Waals surface area contributed by atoms with Gasteiger partial charge in [0.25, 0.3) is 0 Å². The molecule has 1 aliphatic carbocycles. The van der Waals surface area contributed by atoms with Crippen molar-refractivity contribution in [3.63, 3.8) is 0 Å². The number of rotatable bonds is 7. The number of aromatic nitrogens is 1. The molecule has 11 heteroatoms. The highest BCUT2D eigenvalue weighted by atomic mass is 32.2. The summed E-state index contributed by atoms with van der Waals surface area (Å²) in [5.74, 6) is -0.631. The maximum atomic E-state index is 14.0. The average Bonchev–Trinajstić information content (AvgIpc) is 3.64. The Morgan fingerprint density at radius 3 is 2.44 bits per heavy atom. The van der Waals surface area contributed by atoms with Crippen molar-refractivity contribution in [2.24, 2.45) is 5.92 Å². The number of hydrogen-bond donors (Lipinski definition) is 1. The molecular weight excluding hydrogens is 585 g/mol. The number of benzene rings is 1. The minimum Gasteiger partial charge on any atom is -0.477 e. The molecule has 2 aliphatic heterocycles. The predicted molar refractivity (Wildman–Crippen MR) is 168 cm³/mol. The maximum absolute atomic E-state index is 14.0. The molecule has 228 valence electrons. The Balaban J connectivity index is 1.35. The first-order valence-corrected chi connectivity index (χ1v) is 17.4. The van der Waals surface area contributed by atoms with Crippen LogP contribution in [0.1, 0.15) is 67.1 Å². The Morgan fingerprint density at radius 2 is 1.79 bits per heavy atom. The zero-order valence-corrected chi connectivity index (χ0v) is 26.2. The molecule has 9 nitrogen and oxygen atoms in total. The summed E-state index contributed by atoms with van der Waals surface area (Å²) in [7, 11) is -4.02. The molecule has 0 bridgehead atoms. The number of carbonyl (C=O) groups excluding carboxylic acids is 1. The minimum atomic E-state index is -4.02. The predicted octanol–water partition coefficient (Wildman–Crippen LogP) is 5.79. The number of sulfonamides is 1. The number of carboxylic acid groups (broad SMARTS) is 1. The number of thiophene rings is 1. The van der Waals surface area contributed by atoms with Gasteiger partial charge in [0.05, 0.1) is 18.3 Å². The molecule has 2 unspecified atom stereocenters. The van der Waals surface area contributed by atoms with E-state index >= 15 is 0 Å². The fourth-order valence-corrected chi connectivity index (χ4v) is 9.41. The van der Waals surface area contributed by atoms with E-state index in [9.17, 15) is 23.1 Å². The number of aromatic carboxylic acids is 1. The van der Waals surface area contributed by atoms with E-state index in [1.807, 2.05) is 37.3 Å². The number of carbonyl (C=O) groups is 2. The van der Waals surface area contributed by atoms with Gasteiger partial charge in [-0.1, -0.05) is 49.6 Å². The number of hydrogen-bond acceptors (Lipinski definition) is 7. The summed E-state index contributed by atoms with van der Waals surface area (Å²) in [4.78, 5) is 35.8. The molecule has 1 amide bonds. The Hall–Kier alpha value is -3.28. The van der Waals surface area contributed by atoms with Crippen molar-refractivity contribution in [1.29, 1.82) is 0 Å². The first-order chi connectivity index (χ1) is 20.6. The minimum absolute atomic E-state index is 0.0660. The Morgan fingerprint density at radius 1 is 1.05 bits per heavy atom. The number of anilines is 2. The molecule has 2 atom stereocenters. The Labute approximate surface area is 257 Å². The van der Waals surface area contributed by atoms with Crippen LogP contribution < -0.4 is 9.80 Å². The van der Waals surface area contributed by atoms with Crippen LogP contribution in [0.5, 0.6) is 0 Å². The van der Waals surface area contributed by atoms with Crippen molar-refractivity contribution < 1.29 is 23.1 Å². The normalized spacial score (nSPS) is 22.3. The van der Waals surface area contributed by atoms with Gasteiger partial charge in [-0.15, -0.1) is 11.3 Å². The van der Waals surface area contributed by atoms with Crippen molar-refractivity contribution in [1.82, 2.24) is 9.29 Å². The van der Waals surface area contributed by atoms with Gasteiger partial charge in [0, 0.05) is 30.2 Å². The van der Waals surface area contributed by atoms with E-state index in [2.05, 4.69) is 16.8 Å². The third-order valence-electron chi connectivity index (χ3n) is 9.21. The van der Waals surface area contributed by atoms with Crippen LogP contribution >= 0.6 is 11.3 Å². The van der Waals surface area contributed by atoms with Gasteiger partial charge >= 0.3 is 5.97 Å². The fraction of sp³-hybridized carbons (Fsp3) is 0.469. The highest BCUT2D eigenvalue weighted by Gasteiger charge is 2.44. The van der Waals surface area contributed by atoms with Gasteiger partial charge in [-0.25, -0.2) is 18.2 Å². The van der Waals surface area contributed by atoms with Gasteiger partial charge in [-0.05, 0) is 68.7 Å². The standard InChI is InChI=1S/C32H38N4O5S2/c1-21-16-25(18-33-31(21)35-15-9-10-22(35)2)43(40,41)34-19-27(23-11-5-3-6-12-23)36(29(37)20-34)26-17-28(42-30(26)32(38)39)24-13-7-4-8-14-24/h4,7-8,13-14,16-18,22-23,27H,3,5-6,9-12,15,19-20H2,1-2H3,(H,38,39). The summed E-state index contributed by atoms with van der Waals surface area (Å²) >= 11 is 1.14. The monoisotopic (exact) mass is 622 g/mol. The number of amides is 1. The highest BCUT2D eigenvalue weighted by Crippen LogP contribution is 2.42. The topological polar surface area (TPSA) is 111 Å². The fourth-order valence-electron chi connectivity index (χ4n) is 6.98. The first kappa shape index (κ1) is 29.8. The molecular formula is C32H38N4O5S2. The van der Waals surface area contributed by atoms with Crippen LogP contribution in [0.3, 0.4) is 0 Å². The largest absolute Gasteiger partial charge is 0.477 e. The molecule has 43 heavy (non-hydrogen) atoms. The molecule has 1 aromatic carbocycles. The molecule has 4 heterocycles. The van der Waals surface area contributed by atoms with Crippen molar-refractivity contribution in [3.8, 4) is 10.4 Å². The molecule has 0 radical (unpaired) electrons. The zero-order valence-electron chi connectivity index (χ0n) is 24.6. The van der Waals surface area contributed by atoms with Crippen LogP contribution in [-0.2, 0) is 14.8 Å². The molecule has 3 aliphatic rings. The van der Waals surface area contributed by atoms with Gasteiger partial charge in [0.2, 0.25) is 15.9 Å². The van der Waals surface area contributed by atoms with Crippen molar-refractivity contribution in [2.75, 3.05) is 29.4 Å². The van der Waals surface area contributed by atoms with E-state index < -0.39 is 27.9 Å². The van der Waals surface area contributed by atoms with Crippen LogP contribution in [-0.4, -0.2) is 66.4 Å². The second-order valence-electron chi connectivity index (χ2n) is 12.0. The third kappa shape index (κ3) is 5.70. The molecule has 2 aromatic heterocycles. The second kappa shape index (κ2) is 12.0. The van der Waals surface area contributed by atoms with E-state index in [1.165, 1.54) is 10.5 Å². The van der Waals surface area contributed by atoms with Gasteiger partial charge in [-0.3, -0.25) is 4.79 Å². The van der Waals surface area contributed by atoms with E-state index in [4.69, 9.17) is 0 Å². The van der Waals surface area contributed by atoms with Crippen LogP contribution in [0, 0.1) is 12.8 Å². The van der Waals surface area contributed by atoms with Crippen molar-refractivity contribution in [3.05, 3.63) is 59.1 Å². The van der Waals surface area contributed by atoms with Gasteiger partial charge < -0.3 is 14.9 Å². The van der Waals surface area contributed by atoms with Crippen LogP contribution in [0.15, 0.2) is 53.6 Å². The van der Waals surface area contributed by atoms with Crippen molar-refractivity contribution in [2.45, 2.75) is 75.8 Å². The van der Waals surface area contributed by atoms with Gasteiger partial charge in [-0.2, -0.15) is 4.31 Å². The average molecular weight is 623 g/mol. The van der Waals surface area contributed by atoms with E-state index in [0.29, 0.717) is 11.7 Å². The molecule has 3 fully saturated rings. The third-order valence-corrected chi connectivity index (χ3v) is 12.1. The Bertz CT molecular complexity index is 1620. The smallest absolute Gasteiger partial charge is 0.348 e. The molecule has 0 spiro atoms. The molecule has 6 rings (SSSR count). The van der Waals surface area contributed by atoms with Crippen LogP contribution in [0.2, 0.25) is 0 Å². The van der Waals surface area contributed by atoms with Crippen LogP contribution in [0.25, 0.3) is 10.4 Å². The lowest BCUT2D eigenvalue weighted by Gasteiger charge is -2.44. The van der Waals surface area contributed by atoms with E-state index in [0.717, 1.165) is 84.6 Å². The van der Waals surface area contributed by atoms with Crippen molar-refractivity contribution >= 4 is 44.7 Å². The molecule has 2 saturated heterocycles. The second-order valence-corrected chi connectivity index (χ2v) is 15.0. The molecule has 1 N–H and O–H groups in total. The van der Waals surface area contributed by atoms with Gasteiger partial charge in [0.1, 0.15) is 15.6 Å². The van der Waals surface area contributed by atoms with E-state index in [1.54, 1.807) is 17.0 Å². The summed E-state index contributed by atoms with van der Waals surface area (Å²) in [6, 6.07) is 12.9. The highest BCUT2D eigenvalue weighted by molar-refractivity contribution is 7.89. The van der Waals surface area contributed by atoms with Gasteiger partial charge in [0.15, 0.2) is 0 Å². The summed E-state index contributed by atoms with van der Waals surface area (Å²) in [6.07, 6.45) is 8.41. The lowest BCUT2D eigenvalue weighted by atomic mass is 9.82. The number of nitrogens with zero attached hydrogens (tertiary/aromatic N) is 4. The number of carboxylic acids is 1. The molecule has 1 saturated carbocycles. The Kier molecular flexibility index (Phi) is 8.32. The lowest BCUT2D eigenvalue weighted by molar-refractivity contribution is -0.121. The summed E-state index contributed by atoms with van der Waals surface area (Å²) < 4.78 is 29.3. The maximum Gasteiger partial charge on any atom is 0.348 e.